The van der Waals surface area contributed by atoms with Crippen molar-refractivity contribution in [2.75, 3.05) is 7.11 Å². The van der Waals surface area contributed by atoms with Crippen LogP contribution in [-0.2, 0) is 23.3 Å². The van der Waals surface area contributed by atoms with E-state index in [0.29, 0.717) is 6.07 Å². The molecule has 0 aliphatic carbocycles. The van der Waals surface area contributed by atoms with Gasteiger partial charge in [-0.25, -0.2) is 0 Å². The number of hydrogen-bond acceptors (Lipinski definition) is 4. The topological polar surface area (TPSA) is 66.1 Å². The molecular weight excluding hydrogens is 459 g/mol. The highest BCUT2D eigenvalue weighted by molar-refractivity contribution is 5.50. The summed E-state index contributed by atoms with van der Waals surface area (Å²) in [7, 11) is 1.03. The predicted molar refractivity (Wildman–Crippen MR) is 89.7 cm³/mol. The van der Waals surface area contributed by atoms with Crippen molar-refractivity contribution in [2.45, 2.75) is 37.2 Å². The zero-order chi connectivity index (χ0) is 24.5. The van der Waals surface area contributed by atoms with E-state index in [9.17, 15) is 44.6 Å². The highest BCUT2D eigenvalue weighted by atomic mass is 19.4. The predicted octanol–water partition coefficient (Wildman–Crippen LogP) is 5.82. The van der Waals surface area contributed by atoms with E-state index in [1.807, 2.05) is 0 Å². The number of ether oxygens (including phenoxy) is 1. The van der Waals surface area contributed by atoms with E-state index in [0.717, 1.165) is 25.4 Å². The van der Waals surface area contributed by atoms with Crippen molar-refractivity contribution in [3.8, 4) is 6.07 Å². The molecule has 0 saturated carbocycles. The summed E-state index contributed by atoms with van der Waals surface area (Å²) in [5.74, 6) is 0. The molecule has 1 heterocycles. The van der Waals surface area contributed by atoms with Gasteiger partial charge in [0.2, 0.25) is 0 Å². The van der Waals surface area contributed by atoms with E-state index in [2.05, 4.69) is 4.98 Å². The fraction of sp³-hybridized carbons (Fsp3) is 0.368. The van der Waals surface area contributed by atoms with Crippen LogP contribution in [0.25, 0.3) is 0 Å². The Balaban J connectivity index is 2.51. The van der Waals surface area contributed by atoms with Crippen LogP contribution < -0.4 is 0 Å². The molecule has 0 saturated heterocycles. The number of aliphatic hydroxyl groups is 1. The third kappa shape index (κ3) is 5.68. The van der Waals surface area contributed by atoms with Crippen molar-refractivity contribution in [1.82, 2.24) is 4.98 Å². The van der Waals surface area contributed by atoms with Crippen molar-refractivity contribution in [2.24, 2.45) is 0 Å². The average Bonchev–Trinajstić information content (AvgIpc) is 2.68. The van der Waals surface area contributed by atoms with Gasteiger partial charge in [-0.3, -0.25) is 4.98 Å². The molecule has 32 heavy (non-hydrogen) atoms. The standard InChI is InChI=1S/C19H13F9N2O2/c1-32-15(9-2-3-30-16(6-9)19(26,27)28)7-14(31)10-4-12(17(20,21)22)11(8-29)13(5-10)18(23,24)25/h2-6,14-15,31H,7H2,1H3. The SMILES string of the molecule is COC(CC(O)c1cc(C(F)(F)F)c(C#N)c(C(F)(F)F)c1)c1ccnc(C(F)(F)F)c1. The summed E-state index contributed by atoms with van der Waals surface area (Å²) in [6.45, 7) is 0. The lowest BCUT2D eigenvalue weighted by Crippen LogP contribution is -2.18. The molecule has 1 aromatic heterocycles. The Kier molecular flexibility index (Phi) is 7.11. The van der Waals surface area contributed by atoms with Crippen LogP contribution in [0.4, 0.5) is 39.5 Å². The number of aromatic nitrogens is 1. The average molecular weight is 472 g/mol. The fourth-order valence-corrected chi connectivity index (χ4v) is 2.93. The molecule has 0 spiro atoms. The van der Waals surface area contributed by atoms with E-state index in [1.165, 1.54) is 0 Å². The smallest absolute Gasteiger partial charge is 0.388 e. The molecular formula is C19H13F9N2O2. The van der Waals surface area contributed by atoms with Crippen molar-refractivity contribution in [1.29, 1.82) is 5.26 Å². The Morgan fingerprint density at radius 1 is 0.938 bits per heavy atom. The Morgan fingerprint density at radius 3 is 1.88 bits per heavy atom. The zero-order valence-corrected chi connectivity index (χ0v) is 15.9. The molecule has 2 unspecified atom stereocenters. The normalized spacial score (nSPS) is 14.7. The number of benzene rings is 1. The summed E-state index contributed by atoms with van der Waals surface area (Å²) in [6.07, 6.45) is -18.7. The van der Waals surface area contributed by atoms with Gasteiger partial charge < -0.3 is 9.84 Å². The Morgan fingerprint density at radius 2 is 1.47 bits per heavy atom. The van der Waals surface area contributed by atoms with Gasteiger partial charge >= 0.3 is 18.5 Å². The van der Waals surface area contributed by atoms with Crippen LogP contribution in [0.1, 0.15) is 52.1 Å². The number of alkyl halides is 9. The largest absolute Gasteiger partial charge is 0.433 e. The van der Waals surface area contributed by atoms with Gasteiger partial charge in [0, 0.05) is 19.7 Å². The molecule has 1 N–H and O–H groups in total. The molecule has 174 valence electrons. The van der Waals surface area contributed by atoms with Gasteiger partial charge in [-0.1, -0.05) is 0 Å². The molecule has 4 nitrogen and oxygen atoms in total. The second-order valence-corrected chi connectivity index (χ2v) is 6.55. The minimum atomic E-state index is -5.34. The van der Waals surface area contributed by atoms with Gasteiger partial charge in [0.1, 0.15) is 11.8 Å². The minimum absolute atomic E-state index is 0.158. The number of hydrogen-bond donors (Lipinski definition) is 1. The van der Waals surface area contributed by atoms with Crippen molar-refractivity contribution in [3.05, 3.63) is 64.0 Å². The lowest BCUT2D eigenvalue weighted by Gasteiger charge is -2.23. The maximum absolute atomic E-state index is 13.3. The monoisotopic (exact) mass is 472 g/mol. The van der Waals surface area contributed by atoms with E-state index < -0.39 is 65.1 Å². The summed E-state index contributed by atoms with van der Waals surface area (Å²) in [6, 6.07) is 2.95. The van der Waals surface area contributed by atoms with Crippen molar-refractivity contribution < 1.29 is 49.4 Å². The van der Waals surface area contributed by atoms with Crippen LogP contribution in [0.5, 0.6) is 0 Å². The van der Waals surface area contributed by atoms with Crippen LogP contribution in [0.15, 0.2) is 30.5 Å². The van der Waals surface area contributed by atoms with Crippen LogP contribution in [0.2, 0.25) is 0 Å². The minimum Gasteiger partial charge on any atom is -0.388 e. The molecule has 0 amide bonds. The summed E-state index contributed by atoms with van der Waals surface area (Å²) in [5.41, 5.74) is -7.76. The molecule has 2 aromatic rings. The lowest BCUT2D eigenvalue weighted by atomic mass is 9.92. The molecule has 2 rings (SSSR count). The molecule has 2 atom stereocenters. The van der Waals surface area contributed by atoms with Gasteiger partial charge in [-0.15, -0.1) is 0 Å². The quantitative estimate of drug-likeness (QED) is 0.557. The molecule has 0 aliphatic rings. The van der Waals surface area contributed by atoms with Crippen LogP contribution in [0.3, 0.4) is 0 Å². The molecule has 0 radical (unpaired) electrons. The Bertz CT molecular complexity index is 973. The van der Waals surface area contributed by atoms with Crippen LogP contribution >= 0.6 is 0 Å². The van der Waals surface area contributed by atoms with Gasteiger partial charge in [0.05, 0.1) is 28.9 Å². The first-order valence-corrected chi connectivity index (χ1v) is 8.56. The number of rotatable bonds is 5. The van der Waals surface area contributed by atoms with E-state index in [4.69, 9.17) is 10.00 Å². The van der Waals surface area contributed by atoms with Gasteiger partial charge in [-0.2, -0.15) is 44.8 Å². The summed E-state index contributed by atoms with van der Waals surface area (Å²) in [5, 5.41) is 19.2. The fourth-order valence-electron chi connectivity index (χ4n) is 2.93. The van der Waals surface area contributed by atoms with Gasteiger partial charge in [0.25, 0.3) is 0 Å². The van der Waals surface area contributed by atoms with Crippen molar-refractivity contribution >= 4 is 0 Å². The molecule has 0 fully saturated rings. The first kappa shape index (κ1) is 25.4. The van der Waals surface area contributed by atoms with E-state index in [1.54, 1.807) is 0 Å². The molecule has 0 aliphatic heterocycles. The van der Waals surface area contributed by atoms with Crippen LogP contribution in [-0.4, -0.2) is 17.2 Å². The third-order valence-electron chi connectivity index (χ3n) is 4.44. The third-order valence-corrected chi connectivity index (χ3v) is 4.44. The second-order valence-electron chi connectivity index (χ2n) is 6.55. The zero-order valence-electron chi connectivity index (χ0n) is 15.9. The lowest BCUT2D eigenvalue weighted by molar-refractivity contribution is -0.144. The maximum Gasteiger partial charge on any atom is 0.433 e. The highest BCUT2D eigenvalue weighted by Gasteiger charge is 2.42. The molecule has 13 heteroatoms. The first-order chi connectivity index (χ1) is 14.6. The Hall–Kier alpha value is -2.85. The number of halogens is 9. The Labute approximate surface area is 174 Å². The number of nitrogens with zero attached hydrogens (tertiary/aromatic N) is 2. The maximum atomic E-state index is 13.3. The summed E-state index contributed by atoms with van der Waals surface area (Å²) >= 11 is 0. The highest BCUT2D eigenvalue weighted by Crippen LogP contribution is 2.42. The molecule has 0 bridgehead atoms. The van der Waals surface area contributed by atoms with Crippen LogP contribution in [0, 0.1) is 11.3 Å². The number of methoxy groups -OCH3 is 1. The number of pyridine rings is 1. The van der Waals surface area contributed by atoms with E-state index >= 15 is 0 Å². The van der Waals surface area contributed by atoms with E-state index in [-0.39, 0.29) is 17.7 Å². The molecule has 1 aromatic carbocycles. The second kappa shape index (κ2) is 8.95. The number of nitriles is 1. The van der Waals surface area contributed by atoms with Gasteiger partial charge in [0.15, 0.2) is 0 Å². The first-order valence-electron chi connectivity index (χ1n) is 8.56. The van der Waals surface area contributed by atoms with Gasteiger partial charge in [-0.05, 0) is 35.4 Å². The van der Waals surface area contributed by atoms with Crippen molar-refractivity contribution in [3.63, 3.8) is 0 Å². The summed E-state index contributed by atoms with van der Waals surface area (Å²) < 4.78 is 123. The number of aliphatic hydroxyl groups excluding tert-OH is 1. The summed E-state index contributed by atoms with van der Waals surface area (Å²) in [4.78, 5) is 3.14.